The van der Waals surface area contributed by atoms with Gasteiger partial charge in [0.15, 0.2) is 18.9 Å². The lowest BCUT2D eigenvalue weighted by atomic mass is 9.96. The van der Waals surface area contributed by atoms with Crippen LogP contribution >= 0.6 is 0 Å². The van der Waals surface area contributed by atoms with Crippen molar-refractivity contribution in [3.63, 3.8) is 0 Å². The standard InChI is InChI=1S/C92H159NO18/c1-3-5-7-9-11-13-15-17-19-21-23-25-27-29-31-33-35-37-39-41-43-45-47-49-51-53-55-57-59-61-63-65-67-69-76(97)75(74-106-90-86(104)83(101)88(78(72-95)108-90)111-92-87(105)84(102)89(79(73-96)109-92)110-91-85(103)82(100)81(99)77(71-94)107-91)93-80(98)70-68-66-64-62-60-58-56-54-52-50-48-46-44-42-40-38-36-34-32-30-28-26-24-22-20-18-16-14-12-10-8-6-4-2/h6,8,12,14,18,20,24,26,30,32,36,38,42,44,51,53,59,61,67,69,75-79,81-92,94-97,99-105H,3-5,7,9-11,13,15-17,19,21-23,25,27-29,31,33-35,37,39-41,43,45-50,52,54-58,60,62-66,68,70-74H2,1-2H3,(H,93,98)/b8-6-,14-12-,20-18-,26-24-,32-30-,38-36-,44-42-,53-51+,61-59+,69-67+. The Kier molecular flexibility index (Phi) is 64.3. The van der Waals surface area contributed by atoms with Crippen LogP contribution in [0.3, 0.4) is 0 Å². The molecule has 3 saturated heterocycles. The van der Waals surface area contributed by atoms with Crippen molar-refractivity contribution in [1.29, 1.82) is 0 Å². The summed E-state index contributed by atoms with van der Waals surface area (Å²) in [7, 11) is 0. The van der Waals surface area contributed by atoms with E-state index in [0.29, 0.717) is 12.8 Å². The van der Waals surface area contributed by atoms with Crippen LogP contribution in [-0.4, -0.2) is 193 Å². The van der Waals surface area contributed by atoms with Crippen molar-refractivity contribution in [2.24, 2.45) is 0 Å². The van der Waals surface area contributed by atoms with Gasteiger partial charge in [-0.25, -0.2) is 0 Å². The molecule has 17 unspecified atom stereocenters. The molecule has 17 atom stereocenters. The van der Waals surface area contributed by atoms with Crippen molar-refractivity contribution in [3.8, 4) is 0 Å². The van der Waals surface area contributed by atoms with Crippen LogP contribution in [0.1, 0.15) is 322 Å². The van der Waals surface area contributed by atoms with Gasteiger partial charge in [0.2, 0.25) is 5.91 Å². The average Bonchev–Trinajstić information content (AvgIpc) is 0.780. The van der Waals surface area contributed by atoms with Crippen LogP contribution < -0.4 is 5.32 Å². The van der Waals surface area contributed by atoms with Crippen molar-refractivity contribution < 1.29 is 89.4 Å². The van der Waals surface area contributed by atoms with E-state index in [1.54, 1.807) is 6.08 Å². The molecule has 19 heteroatoms. The van der Waals surface area contributed by atoms with E-state index >= 15 is 0 Å². The van der Waals surface area contributed by atoms with Crippen LogP contribution in [0, 0.1) is 0 Å². The lowest BCUT2D eigenvalue weighted by molar-refractivity contribution is -0.379. The molecule has 0 spiro atoms. The highest BCUT2D eigenvalue weighted by Crippen LogP contribution is 2.33. The van der Waals surface area contributed by atoms with Crippen molar-refractivity contribution in [2.45, 2.75) is 426 Å². The van der Waals surface area contributed by atoms with Gasteiger partial charge in [-0.15, -0.1) is 0 Å². The lowest BCUT2D eigenvalue weighted by Gasteiger charge is -2.48. The van der Waals surface area contributed by atoms with Gasteiger partial charge in [0.1, 0.15) is 73.2 Å². The predicted molar refractivity (Wildman–Crippen MR) is 447 cm³/mol. The number of rotatable bonds is 70. The third-order valence-corrected chi connectivity index (χ3v) is 21.2. The summed E-state index contributed by atoms with van der Waals surface area (Å²) in [5.74, 6) is -0.295. The molecule has 3 aliphatic rings. The van der Waals surface area contributed by atoms with Crippen LogP contribution in [0.15, 0.2) is 122 Å². The summed E-state index contributed by atoms with van der Waals surface area (Å²) in [5, 5.41) is 121. The minimum absolute atomic E-state index is 0.221. The number of nitrogens with one attached hydrogen (secondary N) is 1. The predicted octanol–water partition coefficient (Wildman–Crippen LogP) is 16.6. The molecule has 0 radical (unpaired) electrons. The van der Waals surface area contributed by atoms with E-state index in [4.69, 9.17) is 28.4 Å². The monoisotopic (exact) mass is 1570 g/mol. The zero-order valence-electron chi connectivity index (χ0n) is 68.9. The molecule has 3 aliphatic heterocycles. The topological polar surface area (TPSA) is 307 Å². The summed E-state index contributed by atoms with van der Waals surface area (Å²) in [6, 6.07) is -1.01. The van der Waals surface area contributed by atoms with Crippen molar-refractivity contribution in [1.82, 2.24) is 5.32 Å². The number of hydrogen-bond acceptors (Lipinski definition) is 18. The fourth-order valence-electron chi connectivity index (χ4n) is 14.2. The number of ether oxygens (including phenoxy) is 6. The number of carbonyl (C=O) groups is 1. The molecule has 0 aromatic rings. The van der Waals surface area contributed by atoms with Gasteiger partial charge in [-0.2, -0.15) is 0 Å². The van der Waals surface area contributed by atoms with Gasteiger partial charge < -0.3 is 89.9 Å². The molecule has 0 saturated carbocycles. The fourth-order valence-corrected chi connectivity index (χ4v) is 14.2. The second-order valence-electron chi connectivity index (χ2n) is 31.0. The van der Waals surface area contributed by atoms with Gasteiger partial charge in [-0.3, -0.25) is 4.79 Å². The van der Waals surface area contributed by atoms with E-state index in [0.717, 1.165) is 103 Å². The number of unbranched alkanes of at least 4 members (excludes halogenated alkanes) is 36. The van der Waals surface area contributed by atoms with E-state index in [2.05, 4.69) is 129 Å². The van der Waals surface area contributed by atoms with Crippen LogP contribution in [0.4, 0.5) is 0 Å². The van der Waals surface area contributed by atoms with E-state index in [9.17, 15) is 61.0 Å². The number of amides is 1. The Morgan fingerprint density at radius 3 is 1.01 bits per heavy atom. The van der Waals surface area contributed by atoms with Gasteiger partial charge >= 0.3 is 0 Å². The van der Waals surface area contributed by atoms with Crippen LogP contribution in [0.25, 0.3) is 0 Å². The van der Waals surface area contributed by atoms with Gasteiger partial charge in [0.05, 0.1) is 38.6 Å². The second-order valence-corrected chi connectivity index (χ2v) is 31.0. The molecule has 640 valence electrons. The smallest absolute Gasteiger partial charge is 0.220 e. The molecule has 3 heterocycles. The Hall–Kier alpha value is -3.81. The summed E-state index contributed by atoms with van der Waals surface area (Å²) >= 11 is 0. The number of carbonyl (C=O) groups excluding carboxylic acids is 1. The Bertz CT molecular complexity index is 2480. The summed E-state index contributed by atoms with van der Waals surface area (Å²) in [6.07, 6.45) is 73.4. The maximum atomic E-state index is 13.5. The molecule has 1 amide bonds. The van der Waals surface area contributed by atoms with Gasteiger partial charge in [-0.05, 0) is 103 Å². The van der Waals surface area contributed by atoms with Crippen LogP contribution in [0.5, 0.6) is 0 Å². The minimum Gasteiger partial charge on any atom is -0.394 e. The third-order valence-electron chi connectivity index (χ3n) is 21.2. The minimum atomic E-state index is -1.99. The number of aliphatic hydroxyl groups excluding tert-OH is 11. The number of hydrogen-bond donors (Lipinski definition) is 12. The SMILES string of the molecule is CC/C=C\C/C=C\C/C=C\C/C=C\C/C=C\C/C=C\C/C=C\CCCCCCCCCCCCCC(=O)NC(COC1OC(CO)C(OC2OC(CO)C(OC3OC(CO)C(O)C(O)C3O)C(O)C2O)C(O)C1O)C(O)/C=C/CC/C=C/CC/C=C/CCCCCCCCCCCCCCCCCCCCCCCCC. The maximum Gasteiger partial charge on any atom is 0.220 e. The second kappa shape index (κ2) is 70.4. The van der Waals surface area contributed by atoms with Gasteiger partial charge in [-0.1, -0.05) is 334 Å². The van der Waals surface area contributed by atoms with Crippen molar-refractivity contribution in [3.05, 3.63) is 122 Å². The highest BCUT2D eigenvalue weighted by atomic mass is 16.8. The Morgan fingerprint density at radius 1 is 0.333 bits per heavy atom. The van der Waals surface area contributed by atoms with Crippen LogP contribution in [0.2, 0.25) is 0 Å². The molecule has 3 fully saturated rings. The molecule has 0 aliphatic carbocycles. The zero-order chi connectivity index (χ0) is 80.3. The molecule has 12 N–H and O–H groups in total. The Labute approximate surface area is 671 Å². The molecular formula is C92H159NO18. The number of allylic oxidation sites excluding steroid dienone is 19. The summed E-state index contributed by atoms with van der Waals surface area (Å²) in [5.41, 5.74) is 0. The Morgan fingerprint density at radius 2 is 0.631 bits per heavy atom. The van der Waals surface area contributed by atoms with Gasteiger partial charge in [0.25, 0.3) is 0 Å². The molecule has 0 bridgehead atoms. The molecule has 111 heavy (non-hydrogen) atoms. The molecule has 3 rings (SSSR count). The Balaban J connectivity index is 1.36. The summed E-state index contributed by atoms with van der Waals surface area (Å²) in [6.45, 7) is 1.62. The highest BCUT2D eigenvalue weighted by Gasteiger charge is 2.54. The molecule has 0 aromatic carbocycles. The van der Waals surface area contributed by atoms with E-state index in [-0.39, 0.29) is 18.9 Å². The summed E-state index contributed by atoms with van der Waals surface area (Å²) in [4.78, 5) is 13.5. The lowest BCUT2D eigenvalue weighted by Crippen LogP contribution is -2.66. The van der Waals surface area contributed by atoms with E-state index in [1.807, 2.05) is 6.08 Å². The largest absolute Gasteiger partial charge is 0.394 e. The average molecular weight is 1570 g/mol. The quantitative estimate of drug-likeness (QED) is 0.0199. The molecule has 19 nitrogen and oxygen atoms in total. The fraction of sp³-hybridized carbons (Fsp3) is 0.772. The first kappa shape index (κ1) is 101. The maximum absolute atomic E-state index is 13.5. The highest BCUT2D eigenvalue weighted by molar-refractivity contribution is 5.76. The van der Waals surface area contributed by atoms with Crippen LogP contribution in [-0.2, 0) is 33.2 Å². The third kappa shape index (κ3) is 49.1. The van der Waals surface area contributed by atoms with Gasteiger partial charge in [0, 0.05) is 6.42 Å². The van der Waals surface area contributed by atoms with Crippen molar-refractivity contribution >= 4 is 5.91 Å². The molecular weight excluding hydrogens is 1410 g/mol. The number of aliphatic hydroxyl groups is 11. The molecule has 0 aromatic heterocycles. The normalized spacial score (nSPS) is 25.6. The first-order valence-electron chi connectivity index (χ1n) is 44.3. The summed E-state index contributed by atoms with van der Waals surface area (Å²) < 4.78 is 34.5. The zero-order valence-corrected chi connectivity index (χ0v) is 68.9. The first-order chi connectivity index (χ1) is 54.3. The van der Waals surface area contributed by atoms with Crippen molar-refractivity contribution in [2.75, 3.05) is 26.4 Å². The first-order valence-corrected chi connectivity index (χ1v) is 44.3. The van der Waals surface area contributed by atoms with E-state index in [1.165, 1.54) is 186 Å². The van der Waals surface area contributed by atoms with E-state index < -0.39 is 124 Å².